The average molecular weight is 318 g/mol. The van der Waals surface area contributed by atoms with Gasteiger partial charge >= 0.3 is 7.12 Å². The summed E-state index contributed by atoms with van der Waals surface area (Å²) in [6.07, 6.45) is 0. The normalized spacial score (nSPS) is 21.2. The predicted molar refractivity (Wildman–Crippen MR) is 78.5 cm³/mol. The standard InChI is InChI=1S/C12H17BClNO4S/c1-11(2)12(3,4)19-13(18-11)8-5-6-10(9(14)7-8)20(15,16)17/h5-7H,1-4H3,(H2,15,16,17). The summed E-state index contributed by atoms with van der Waals surface area (Å²) in [4.78, 5) is -0.112. The first-order valence-corrected chi connectivity index (χ1v) is 8.04. The molecule has 0 aromatic heterocycles. The summed E-state index contributed by atoms with van der Waals surface area (Å²) in [5, 5.41) is 5.13. The van der Waals surface area contributed by atoms with E-state index in [4.69, 9.17) is 26.0 Å². The van der Waals surface area contributed by atoms with Gasteiger partial charge in [0.05, 0.1) is 16.2 Å². The molecule has 1 fully saturated rings. The van der Waals surface area contributed by atoms with E-state index >= 15 is 0 Å². The summed E-state index contributed by atoms with van der Waals surface area (Å²) in [6.45, 7) is 7.75. The fraction of sp³-hybridized carbons (Fsp3) is 0.500. The number of nitrogens with two attached hydrogens (primary N) is 1. The summed E-state index contributed by atoms with van der Waals surface area (Å²) in [7, 11) is -4.42. The molecule has 110 valence electrons. The lowest BCUT2D eigenvalue weighted by Crippen LogP contribution is -2.41. The molecule has 1 saturated heterocycles. The second-order valence-corrected chi connectivity index (χ2v) is 7.76. The second kappa shape index (κ2) is 4.71. The minimum Gasteiger partial charge on any atom is -0.399 e. The molecule has 0 aliphatic carbocycles. The first kappa shape index (κ1) is 15.8. The van der Waals surface area contributed by atoms with Crippen molar-refractivity contribution < 1.29 is 17.7 Å². The molecule has 0 amide bonds. The van der Waals surface area contributed by atoms with Gasteiger partial charge in [0, 0.05) is 0 Å². The van der Waals surface area contributed by atoms with Crippen molar-refractivity contribution in [3.8, 4) is 0 Å². The molecule has 1 heterocycles. The molecular formula is C12H17BClNO4S. The van der Waals surface area contributed by atoms with Crippen LogP contribution in [-0.4, -0.2) is 26.7 Å². The third-order valence-electron chi connectivity index (χ3n) is 3.79. The van der Waals surface area contributed by atoms with Gasteiger partial charge in [-0.3, -0.25) is 0 Å². The van der Waals surface area contributed by atoms with Gasteiger partial charge in [-0.25, -0.2) is 13.6 Å². The lowest BCUT2D eigenvalue weighted by molar-refractivity contribution is 0.00578. The Labute approximate surface area is 124 Å². The van der Waals surface area contributed by atoms with E-state index in [0.717, 1.165) is 0 Å². The Kier molecular flexibility index (Phi) is 3.72. The van der Waals surface area contributed by atoms with E-state index in [9.17, 15) is 8.42 Å². The van der Waals surface area contributed by atoms with Crippen molar-refractivity contribution in [3.05, 3.63) is 23.2 Å². The van der Waals surface area contributed by atoms with E-state index < -0.39 is 28.3 Å². The predicted octanol–water partition coefficient (Wildman–Crippen LogP) is 1.29. The first-order chi connectivity index (χ1) is 8.94. The minimum absolute atomic E-state index is 0.0553. The highest BCUT2D eigenvalue weighted by Crippen LogP contribution is 2.36. The van der Waals surface area contributed by atoms with Gasteiger partial charge in [-0.2, -0.15) is 0 Å². The number of sulfonamides is 1. The molecule has 0 atom stereocenters. The Bertz CT molecular complexity index is 629. The summed E-state index contributed by atoms with van der Waals surface area (Å²) in [5.41, 5.74) is -0.285. The highest BCUT2D eigenvalue weighted by Gasteiger charge is 2.51. The number of primary sulfonamides is 1. The highest BCUT2D eigenvalue weighted by molar-refractivity contribution is 7.89. The van der Waals surface area contributed by atoms with Crippen molar-refractivity contribution in [2.24, 2.45) is 5.14 Å². The molecule has 0 saturated carbocycles. The van der Waals surface area contributed by atoms with Crippen molar-refractivity contribution in [2.75, 3.05) is 0 Å². The summed E-state index contributed by atoms with van der Waals surface area (Å²) >= 11 is 5.96. The third kappa shape index (κ3) is 2.73. The average Bonchev–Trinajstić information content (AvgIpc) is 2.46. The van der Waals surface area contributed by atoms with Crippen LogP contribution in [0.2, 0.25) is 5.02 Å². The molecule has 5 nitrogen and oxygen atoms in total. The van der Waals surface area contributed by atoms with Crippen LogP contribution < -0.4 is 10.6 Å². The smallest absolute Gasteiger partial charge is 0.399 e. The summed E-state index contributed by atoms with van der Waals surface area (Å²) in [6, 6.07) is 4.45. The van der Waals surface area contributed by atoms with Crippen LogP contribution in [-0.2, 0) is 19.3 Å². The van der Waals surface area contributed by atoms with E-state index in [1.54, 1.807) is 6.07 Å². The van der Waals surface area contributed by atoms with Crippen LogP contribution in [0.5, 0.6) is 0 Å². The molecule has 1 aromatic rings. The Morgan fingerprint density at radius 1 is 1.15 bits per heavy atom. The zero-order valence-electron chi connectivity index (χ0n) is 11.8. The molecule has 0 bridgehead atoms. The molecule has 2 N–H and O–H groups in total. The number of hydrogen-bond acceptors (Lipinski definition) is 4. The fourth-order valence-electron chi connectivity index (χ4n) is 1.87. The largest absolute Gasteiger partial charge is 0.494 e. The van der Waals surface area contributed by atoms with E-state index in [1.165, 1.54) is 12.1 Å². The molecule has 2 rings (SSSR count). The maximum atomic E-state index is 11.3. The van der Waals surface area contributed by atoms with Gasteiger partial charge in [-0.05, 0) is 45.3 Å². The van der Waals surface area contributed by atoms with Crippen molar-refractivity contribution in [1.29, 1.82) is 0 Å². The molecule has 1 aromatic carbocycles. The molecule has 20 heavy (non-hydrogen) atoms. The summed E-state index contributed by atoms with van der Waals surface area (Å²) < 4.78 is 34.4. The van der Waals surface area contributed by atoms with E-state index in [1.807, 2.05) is 27.7 Å². The van der Waals surface area contributed by atoms with E-state index in [-0.39, 0.29) is 9.92 Å². The van der Waals surface area contributed by atoms with Crippen LogP contribution in [0, 0.1) is 0 Å². The van der Waals surface area contributed by atoms with Crippen molar-refractivity contribution in [2.45, 2.75) is 43.8 Å². The lowest BCUT2D eigenvalue weighted by Gasteiger charge is -2.32. The fourth-order valence-corrected chi connectivity index (χ4v) is 2.97. The van der Waals surface area contributed by atoms with Crippen molar-refractivity contribution in [1.82, 2.24) is 0 Å². The van der Waals surface area contributed by atoms with Crippen LogP contribution >= 0.6 is 11.6 Å². The molecule has 1 aliphatic heterocycles. The molecule has 0 spiro atoms. The maximum absolute atomic E-state index is 11.3. The Morgan fingerprint density at radius 2 is 1.65 bits per heavy atom. The Morgan fingerprint density at radius 3 is 2.05 bits per heavy atom. The van der Waals surface area contributed by atoms with E-state index in [0.29, 0.717) is 5.46 Å². The van der Waals surface area contributed by atoms with Gasteiger partial charge in [0.25, 0.3) is 0 Å². The van der Waals surface area contributed by atoms with E-state index in [2.05, 4.69) is 0 Å². The lowest BCUT2D eigenvalue weighted by atomic mass is 9.79. The van der Waals surface area contributed by atoms with Gasteiger partial charge in [0.2, 0.25) is 10.0 Å². The Balaban J connectivity index is 2.36. The van der Waals surface area contributed by atoms with Crippen molar-refractivity contribution in [3.63, 3.8) is 0 Å². The highest BCUT2D eigenvalue weighted by atomic mass is 35.5. The number of benzene rings is 1. The zero-order valence-corrected chi connectivity index (χ0v) is 13.4. The maximum Gasteiger partial charge on any atom is 0.494 e. The van der Waals surface area contributed by atoms with Crippen LogP contribution in [0.15, 0.2) is 23.1 Å². The monoisotopic (exact) mass is 317 g/mol. The van der Waals surface area contributed by atoms with Crippen molar-refractivity contribution >= 4 is 34.2 Å². The summed E-state index contributed by atoms with van der Waals surface area (Å²) in [5.74, 6) is 0. The first-order valence-electron chi connectivity index (χ1n) is 6.12. The van der Waals surface area contributed by atoms with Gasteiger partial charge in [-0.1, -0.05) is 17.7 Å². The minimum atomic E-state index is -3.83. The van der Waals surface area contributed by atoms with Crippen LogP contribution in [0.3, 0.4) is 0 Å². The molecule has 0 unspecified atom stereocenters. The molecule has 8 heteroatoms. The van der Waals surface area contributed by atoms with Gasteiger partial charge in [0.1, 0.15) is 4.90 Å². The molecule has 1 aliphatic rings. The second-order valence-electron chi connectivity index (χ2n) is 5.82. The number of rotatable bonds is 2. The number of halogens is 1. The van der Waals surface area contributed by atoms with Gasteiger partial charge in [0.15, 0.2) is 0 Å². The molecular weight excluding hydrogens is 300 g/mol. The molecule has 0 radical (unpaired) electrons. The SMILES string of the molecule is CC1(C)OB(c2ccc(S(N)(=O)=O)c(Cl)c2)OC1(C)C. The Hall–Kier alpha value is -0.595. The van der Waals surface area contributed by atoms with Gasteiger partial charge in [-0.15, -0.1) is 0 Å². The van der Waals surface area contributed by atoms with Crippen LogP contribution in [0.1, 0.15) is 27.7 Å². The zero-order chi connectivity index (χ0) is 15.3. The number of hydrogen-bond donors (Lipinski definition) is 1. The topological polar surface area (TPSA) is 78.6 Å². The van der Waals surface area contributed by atoms with Crippen LogP contribution in [0.4, 0.5) is 0 Å². The van der Waals surface area contributed by atoms with Gasteiger partial charge < -0.3 is 9.31 Å². The third-order valence-corrected chi connectivity index (χ3v) is 5.18. The van der Waals surface area contributed by atoms with Crippen LogP contribution in [0.25, 0.3) is 0 Å². The quantitative estimate of drug-likeness (QED) is 0.834.